The van der Waals surface area contributed by atoms with E-state index in [9.17, 15) is 28.6 Å². The minimum Gasteiger partial charge on any atom is -0.258 e. The molecule has 9 nitrogen and oxygen atoms in total. The summed E-state index contributed by atoms with van der Waals surface area (Å²) in [7, 11) is -4.20. The predicted octanol–water partition coefficient (Wildman–Crippen LogP) is 2.63. The Labute approximate surface area is 141 Å². The van der Waals surface area contributed by atoms with Gasteiger partial charge in [0.05, 0.1) is 9.85 Å². The molecule has 0 spiro atoms. The lowest BCUT2D eigenvalue weighted by molar-refractivity contribution is -0.387. The van der Waals surface area contributed by atoms with Gasteiger partial charge in [-0.25, -0.2) is 13.1 Å². The second kappa shape index (κ2) is 6.91. The van der Waals surface area contributed by atoms with Crippen LogP contribution in [0.25, 0.3) is 0 Å². The smallest absolute Gasteiger partial charge is 0.258 e. The van der Waals surface area contributed by atoms with E-state index in [2.05, 4.69) is 4.72 Å². The summed E-state index contributed by atoms with van der Waals surface area (Å²) in [5.41, 5.74) is -0.511. The molecule has 0 heterocycles. The van der Waals surface area contributed by atoms with Crippen LogP contribution in [0.3, 0.4) is 0 Å². The number of nitrogens with zero attached hydrogens (tertiary/aromatic N) is 2. The predicted molar refractivity (Wildman–Crippen MR) is 85.2 cm³/mol. The van der Waals surface area contributed by atoms with Crippen molar-refractivity contribution in [3.05, 3.63) is 73.3 Å². The van der Waals surface area contributed by atoms with Crippen molar-refractivity contribution in [3.63, 3.8) is 0 Å². The van der Waals surface area contributed by atoms with Crippen LogP contribution in [0.1, 0.15) is 5.56 Å². The summed E-state index contributed by atoms with van der Waals surface area (Å²) in [4.78, 5) is 19.7. The van der Waals surface area contributed by atoms with E-state index in [1.165, 1.54) is 30.3 Å². The molecule has 0 saturated carbocycles. The topological polar surface area (TPSA) is 132 Å². The number of hydrogen-bond acceptors (Lipinski definition) is 6. The third-order valence-corrected chi connectivity index (χ3v) is 4.68. The van der Waals surface area contributed by atoms with Gasteiger partial charge in [0.2, 0.25) is 10.0 Å². The number of hydrogen-bond donors (Lipinski definition) is 1. The Morgan fingerprint density at radius 2 is 1.75 bits per heavy atom. The Morgan fingerprint density at radius 3 is 2.38 bits per heavy atom. The average Bonchev–Trinajstić information content (AvgIpc) is 2.53. The van der Waals surface area contributed by atoms with Gasteiger partial charge in [0.15, 0.2) is 4.90 Å². The van der Waals surface area contributed by atoms with E-state index in [4.69, 9.17) is 11.6 Å². The normalized spacial score (nSPS) is 11.2. The number of non-ortho nitro benzene ring substituents is 1. The maximum atomic E-state index is 12.3. The zero-order valence-corrected chi connectivity index (χ0v) is 13.5. The summed E-state index contributed by atoms with van der Waals surface area (Å²) in [5, 5.41) is 21.7. The zero-order valence-electron chi connectivity index (χ0n) is 11.9. The molecule has 0 aliphatic carbocycles. The summed E-state index contributed by atoms with van der Waals surface area (Å²) in [6, 6.07) is 8.55. The monoisotopic (exact) mass is 371 g/mol. The Bertz CT molecular complexity index is 916. The van der Waals surface area contributed by atoms with Crippen molar-refractivity contribution in [3.8, 4) is 0 Å². The highest BCUT2D eigenvalue weighted by molar-refractivity contribution is 7.89. The molecule has 0 atom stereocenters. The first-order valence-corrected chi connectivity index (χ1v) is 8.24. The Morgan fingerprint density at radius 1 is 1.04 bits per heavy atom. The van der Waals surface area contributed by atoms with Crippen LogP contribution in [-0.4, -0.2) is 18.3 Å². The molecule has 0 saturated heterocycles. The average molecular weight is 372 g/mol. The number of benzene rings is 2. The van der Waals surface area contributed by atoms with E-state index in [-0.39, 0.29) is 17.3 Å². The molecule has 2 aromatic carbocycles. The van der Waals surface area contributed by atoms with Crippen LogP contribution in [-0.2, 0) is 16.6 Å². The lowest BCUT2D eigenvalue weighted by Crippen LogP contribution is -2.24. The number of rotatable bonds is 6. The minimum atomic E-state index is -4.20. The van der Waals surface area contributed by atoms with Gasteiger partial charge in [-0.2, -0.15) is 0 Å². The van der Waals surface area contributed by atoms with Crippen molar-refractivity contribution in [1.29, 1.82) is 0 Å². The van der Waals surface area contributed by atoms with Crippen molar-refractivity contribution in [1.82, 2.24) is 4.72 Å². The van der Waals surface area contributed by atoms with Gasteiger partial charge in [0.1, 0.15) is 0 Å². The number of nitro groups is 2. The van der Waals surface area contributed by atoms with E-state index in [0.29, 0.717) is 5.56 Å². The molecule has 0 amide bonds. The van der Waals surface area contributed by atoms with E-state index in [0.717, 1.165) is 12.1 Å². The van der Waals surface area contributed by atoms with Gasteiger partial charge in [0.25, 0.3) is 11.4 Å². The molecular weight excluding hydrogens is 362 g/mol. The van der Waals surface area contributed by atoms with E-state index in [1.54, 1.807) is 0 Å². The first-order valence-electron chi connectivity index (χ1n) is 6.37. The quantitative estimate of drug-likeness (QED) is 0.613. The Hall–Kier alpha value is -2.56. The Balaban J connectivity index is 2.28. The number of nitro benzene ring substituents is 2. The maximum absolute atomic E-state index is 12.3. The Kier molecular flexibility index (Phi) is 5.12. The summed E-state index contributed by atoms with van der Waals surface area (Å²) >= 11 is 5.65. The largest absolute Gasteiger partial charge is 0.290 e. The van der Waals surface area contributed by atoms with Crippen LogP contribution in [0.2, 0.25) is 5.02 Å². The highest BCUT2D eigenvalue weighted by Gasteiger charge is 2.25. The van der Waals surface area contributed by atoms with Gasteiger partial charge in [-0.15, -0.1) is 0 Å². The maximum Gasteiger partial charge on any atom is 0.290 e. The third kappa shape index (κ3) is 4.04. The summed E-state index contributed by atoms with van der Waals surface area (Å²) in [6.07, 6.45) is 0. The molecule has 2 rings (SSSR count). The lowest BCUT2D eigenvalue weighted by atomic mass is 10.2. The van der Waals surface area contributed by atoms with Gasteiger partial charge in [-0.3, -0.25) is 20.2 Å². The van der Waals surface area contributed by atoms with Crippen molar-refractivity contribution in [2.45, 2.75) is 11.4 Å². The summed E-state index contributed by atoms with van der Waals surface area (Å²) in [6.45, 7) is -0.260. The third-order valence-electron chi connectivity index (χ3n) is 2.99. The number of sulfonamides is 1. The molecule has 0 aromatic heterocycles. The van der Waals surface area contributed by atoms with Gasteiger partial charge < -0.3 is 0 Å². The second-order valence-corrected chi connectivity index (χ2v) is 6.79. The van der Waals surface area contributed by atoms with Gasteiger partial charge in [-0.05, 0) is 17.7 Å². The molecule has 0 aliphatic heterocycles. The minimum absolute atomic E-state index is 0.0272. The molecule has 1 N–H and O–H groups in total. The van der Waals surface area contributed by atoms with Crippen LogP contribution in [0.5, 0.6) is 0 Å². The molecule has 2 aromatic rings. The van der Waals surface area contributed by atoms with Crippen LogP contribution in [0.4, 0.5) is 11.4 Å². The second-order valence-electron chi connectivity index (χ2n) is 4.62. The van der Waals surface area contributed by atoms with Gasteiger partial charge in [0, 0.05) is 29.8 Å². The van der Waals surface area contributed by atoms with Crippen LogP contribution in [0.15, 0.2) is 47.4 Å². The van der Waals surface area contributed by atoms with Crippen molar-refractivity contribution >= 4 is 33.0 Å². The molecule has 0 aliphatic rings. The lowest BCUT2D eigenvalue weighted by Gasteiger charge is -2.07. The molecular formula is C13H10ClN3O6S. The van der Waals surface area contributed by atoms with Crippen molar-refractivity contribution in [2.75, 3.05) is 0 Å². The number of nitrogens with one attached hydrogen (secondary N) is 1. The van der Waals surface area contributed by atoms with Crippen LogP contribution < -0.4 is 4.72 Å². The summed E-state index contributed by atoms with van der Waals surface area (Å²) < 4.78 is 26.7. The molecule has 126 valence electrons. The molecule has 24 heavy (non-hydrogen) atoms. The molecule has 0 radical (unpaired) electrons. The van der Waals surface area contributed by atoms with Gasteiger partial charge >= 0.3 is 0 Å². The van der Waals surface area contributed by atoms with Crippen LogP contribution in [0, 0.1) is 20.2 Å². The van der Waals surface area contributed by atoms with E-state index in [1.807, 2.05) is 0 Å². The zero-order chi connectivity index (χ0) is 17.9. The van der Waals surface area contributed by atoms with Crippen LogP contribution >= 0.6 is 11.6 Å². The standard InChI is InChI=1S/C13H10ClN3O6S/c14-10-4-5-13(12(7-10)17(20)21)24(22,23)15-8-9-2-1-3-11(6-9)16(18)19/h1-7,15H,8H2. The fourth-order valence-corrected chi connectivity index (χ4v) is 3.23. The highest BCUT2D eigenvalue weighted by atomic mass is 35.5. The first kappa shape index (κ1) is 17.8. The van der Waals surface area contributed by atoms with E-state index < -0.39 is 30.5 Å². The molecule has 11 heteroatoms. The molecule has 0 bridgehead atoms. The molecule has 0 unspecified atom stereocenters. The fourth-order valence-electron chi connectivity index (χ4n) is 1.90. The van der Waals surface area contributed by atoms with E-state index >= 15 is 0 Å². The molecule has 0 fully saturated rings. The van der Waals surface area contributed by atoms with Gasteiger partial charge in [-0.1, -0.05) is 23.7 Å². The highest BCUT2D eigenvalue weighted by Crippen LogP contribution is 2.27. The summed E-state index contributed by atoms with van der Waals surface area (Å²) in [5.74, 6) is 0. The number of halogens is 1. The van der Waals surface area contributed by atoms with Crippen molar-refractivity contribution in [2.24, 2.45) is 0 Å². The SMILES string of the molecule is O=[N+]([O-])c1cccc(CNS(=O)(=O)c2ccc(Cl)cc2[N+](=O)[O-])c1. The fraction of sp³-hybridized carbons (Fsp3) is 0.0769. The first-order chi connectivity index (χ1) is 11.2. The van der Waals surface area contributed by atoms with Crippen molar-refractivity contribution < 1.29 is 18.3 Å².